The minimum atomic E-state index is -3.68. The van der Waals surface area contributed by atoms with Gasteiger partial charge >= 0.3 is 0 Å². The second kappa shape index (κ2) is 9.05. The molecule has 0 saturated heterocycles. The fourth-order valence-corrected chi connectivity index (χ4v) is 3.23. The molecule has 0 aliphatic carbocycles. The van der Waals surface area contributed by atoms with Crippen molar-refractivity contribution in [2.75, 3.05) is 14.1 Å². The quantitative estimate of drug-likeness (QED) is 0.687. The van der Waals surface area contributed by atoms with Crippen molar-refractivity contribution in [3.8, 4) is 5.75 Å². The largest absolute Gasteiger partial charge is 0.481 e. The fourth-order valence-electron chi connectivity index (χ4n) is 2.10. The van der Waals surface area contributed by atoms with Crippen LogP contribution in [-0.2, 0) is 14.8 Å². The number of hydrogen-bond donors (Lipinski definition) is 2. The number of ether oxygens (including phenoxy) is 1. The maximum atomic E-state index is 12.2. The highest BCUT2D eigenvalue weighted by molar-refractivity contribution is 7.89. The number of rotatable bonds is 6. The Labute approximate surface area is 168 Å². The molecule has 0 aliphatic rings. The number of nitrogens with one attached hydrogen (secondary N) is 2. The fraction of sp³-hybridized carbons (Fsp3) is 0.222. The van der Waals surface area contributed by atoms with Crippen LogP contribution >= 0.6 is 11.6 Å². The van der Waals surface area contributed by atoms with Crippen LogP contribution < -0.4 is 15.6 Å². The number of sulfonamides is 1. The Morgan fingerprint density at radius 1 is 1.07 bits per heavy atom. The Morgan fingerprint density at radius 2 is 1.75 bits per heavy atom. The number of hydrazine groups is 1. The summed E-state index contributed by atoms with van der Waals surface area (Å²) < 4.78 is 30.8. The second-order valence-corrected chi connectivity index (χ2v) is 8.56. The van der Waals surface area contributed by atoms with E-state index in [4.69, 9.17) is 16.3 Å². The van der Waals surface area contributed by atoms with E-state index in [2.05, 4.69) is 10.9 Å². The monoisotopic (exact) mass is 425 g/mol. The Morgan fingerprint density at radius 3 is 2.39 bits per heavy atom. The molecule has 1 unspecified atom stereocenters. The van der Waals surface area contributed by atoms with Gasteiger partial charge in [0.05, 0.1) is 4.90 Å². The highest BCUT2D eigenvalue weighted by Crippen LogP contribution is 2.18. The molecule has 1 atom stereocenters. The van der Waals surface area contributed by atoms with Crippen molar-refractivity contribution in [2.45, 2.75) is 17.9 Å². The molecule has 0 bridgehead atoms. The maximum Gasteiger partial charge on any atom is 0.279 e. The molecule has 0 radical (unpaired) electrons. The SMILES string of the molecule is CC(Oc1cccc(Cl)c1)C(=O)NNC(=O)c1cccc(S(=O)(=O)N(C)C)c1. The van der Waals surface area contributed by atoms with Crippen LogP contribution in [0, 0.1) is 0 Å². The second-order valence-electron chi connectivity index (χ2n) is 5.98. The molecule has 0 fully saturated rings. The lowest BCUT2D eigenvalue weighted by molar-refractivity contribution is -0.128. The van der Waals surface area contributed by atoms with Gasteiger partial charge in [-0.1, -0.05) is 23.7 Å². The standard InChI is InChI=1S/C18H20ClN3O5S/c1-12(27-15-8-5-7-14(19)11-15)17(23)20-21-18(24)13-6-4-9-16(10-13)28(25,26)22(2)3/h4-12H,1-3H3,(H,20,23)(H,21,24). The average Bonchev–Trinajstić information content (AvgIpc) is 2.65. The molecule has 2 aromatic rings. The van der Waals surface area contributed by atoms with Crippen molar-refractivity contribution in [1.29, 1.82) is 0 Å². The molecule has 2 N–H and O–H groups in total. The van der Waals surface area contributed by atoms with Gasteiger partial charge in [-0.2, -0.15) is 0 Å². The van der Waals surface area contributed by atoms with Crippen molar-refractivity contribution in [2.24, 2.45) is 0 Å². The van der Waals surface area contributed by atoms with Gasteiger partial charge in [0.15, 0.2) is 6.10 Å². The minimum Gasteiger partial charge on any atom is -0.481 e. The van der Waals surface area contributed by atoms with Crippen molar-refractivity contribution >= 4 is 33.4 Å². The van der Waals surface area contributed by atoms with E-state index in [9.17, 15) is 18.0 Å². The van der Waals surface area contributed by atoms with Crippen LogP contribution in [0.1, 0.15) is 17.3 Å². The predicted molar refractivity (Wildman–Crippen MR) is 104 cm³/mol. The first-order valence-corrected chi connectivity index (χ1v) is 9.98. The van der Waals surface area contributed by atoms with Gasteiger partial charge in [-0.25, -0.2) is 12.7 Å². The first-order chi connectivity index (χ1) is 13.1. The Bertz CT molecular complexity index is 979. The molecule has 2 rings (SSSR count). The molecular weight excluding hydrogens is 406 g/mol. The van der Waals surface area contributed by atoms with Crippen molar-refractivity contribution < 1.29 is 22.7 Å². The number of carbonyl (C=O) groups excluding carboxylic acids is 2. The number of halogens is 1. The van der Waals surface area contributed by atoms with Crippen LogP contribution in [0.2, 0.25) is 5.02 Å². The van der Waals surface area contributed by atoms with E-state index in [1.165, 1.54) is 45.3 Å². The predicted octanol–water partition coefficient (Wildman–Crippen LogP) is 1.82. The molecule has 8 nitrogen and oxygen atoms in total. The third-order valence-electron chi connectivity index (χ3n) is 3.65. The van der Waals surface area contributed by atoms with Crippen LogP contribution in [0.5, 0.6) is 5.75 Å². The lowest BCUT2D eigenvalue weighted by atomic mass is 10.2. The van der Waals surface area contributed by atoms with Gasteiger partial charge in [0, 0.05) is 24.7 Å². The molecule has 2 amide bonds. The Hall–Kier alpha value is -2.62. The summed E-state index contributed by atoms with van der Waals surface area (Å²) in [6, 6.07) is 12.0. The first kappa shape index (κ1) is 21.7. The first-order valence-electron chi connectivity index (χ1n) is 8.16. The van der Waals surface area contributed by atoms with Gasteiger partial charge in [-0.05, 0) is 43.3 Å². The lowest BCUT2D eigenvalue weighted by Gasteiger charge is -2.15. The zero-order valence-corrected chi connectivity index (χ0v) is 17.0. The van der Waals surface area contributed by atoms with Gasteiger partial charge in [0.1, 0.15) is 5.75 Å². The summed E-state index contributed by atoms with van der Waals surface area (Å²) in [6.07, 6.45) is -0.904. The van der Waals surface area contributed by atoms with Crippen LogP contribution in [0.3, 0.4) is 0 Å². The highest BCUT2D eigenvalue weighted by atomic mass is 35.5. The third-order valence-corrected chi connectivity index (χ3v) is 5.70. The summed E-state index contributed by atoms with van der Waals surface area (Å²) in [5.74, 6) is -0.854. The van der Waals surface area contributed by atoms with Crippen molar-refractivity contribution in [3.05, 3.63) is 59.1 Å². The minimum absolute atomic E-state index is 0.0332. The summed E-state index contributed by atoms with van der Waals surface area (Å²) in [5, 5.41) is 0.464. The summed E-state index contributed by atoms with van der Waals surface area (Å²) >= 11 is 5.86. The van der Waals surface area contributed by atoms with E-state index in [1.54, 1.807) is 24.3 Å². The summed E-state index contributed by atoms with van der Waals surface area (Å²) in [5.41, 5.74) is 4.55. The van der Waals surface area contributed by atoms with Gasteiger partial charge in [-0.15, -0.1) is 0 Å². The van der Waals surface area contributed by atoms with E-state index >= 15 is 0 Å². The lowest BCUT2D eigenvalue weighted by Crippen LogP contribution is -2.47. The number of benzene rings is 2. The molecule has 0 saturated carbocycles. The normalized spacial score (nSPS) is 12.3. The number of hydrogen-bond acceptors (Lipinski definition) is 5. The van der Waals surface area contributed by atoms with E-state index in [0.29, 0.717) is 10.8 Å². The molecule has 2 aromatic carbocycles. The smallest absolute Gasteiger partial charge is 0.279 e. The van der Waals surface area contributed by atoms with Gasteiger partial charge in [0.2, 0.25) is 10.0 Å². The van der Waals surface area contributed by atoms with Gasteiger partial charge in [-0.3, -0.25) is 20.4 Å². The highest BCUT2D eigenvalue weighted by Gasteiger charge is 2.20. The summed E-state index contributed by atoms with van der Waals surface area (Å²) in [4.78, 5) is 24.3. The Kier molecular flexibility index (Phi) is 7.00. The molecule has 150 valence electrons. The van der Waals surface area contributed by atoms with E-state index < -0.39 is 27.9 Å². The molecule has 0 spiro atoms. The molecular formula is C18H20ClN3O5S. The van der Waals surface area contributed by atoms with Crippen LogP contribution in [0.4, 0.5) is 0 Å². The number of amides is 2. The van der Waals surface area contributed by atoms with E-state index in [1.807, 2.05) is 0 Å². The average molecular weight is 426 g/mol. The van der Waals surface area contributed by atoms with Crippen LogP contribution in [-0.4, -0.2) is 44.7 Å². The molecule has 0 aliphatic heterocycles. The van der Waals surface area contributed by atoms with Gasteiger partial charge in [0.25, 0.3) is 11.8 Å². The zero-order chi connectivity index (χ0) is 20.9. The third kappa shape index (κ3) is 5.44. The van der Waals surface area contributed by atoms with Crippen LogP contribution in [0.15, 0.2) is 53.4 Å². The molecule has 0 aromatic heterocycles. The Balaban J connectivity index is 1.99. The number of nitrogens with zero attached hydrogens (tertiary/aromatic N) is 1. The summed E-state index contributed by atoms with van der Waals surface area (Å²) in [7, 11) is -0.896. The maximum absolute atomic E-state index is 12.2. The topological polar surface area (TPSA) is 105 Å². The van der Waals surface area contributed by atoms with E-state index in [0.717, 1.165) is 4.31 Å². The molecule has 10 heteroatoms. The number of carbonyl (C=O) groups is 2. The molecule has 0 heterocycles. The van der Waals surface area contributed by atoms with E-state index in [-0.39, 0.29) is 10.5 Å². The summed E-state index contributed by atoms with van der Waals surface area (Å²) in [6.45, 7) is 1.51. The zero-order valence-electron chi connectivity index (χ0n) is 15.5. The van der Waals surface area contributed by atoms with Crippen molar-refractivity contribution in [1.82, 2.24) is 15.2 Å². The van der Waals surface area contributed by atoms with Crippen LogP contribution in [0.25, 0.3) is 0 Å². The van der Waals surface area contributed by atoms with Crippen molar-refractivity contribution in [3.63, 3.8) is 0 Å². The molecule has 28 heavy (non-hydrogen) atoms. The van der Waals surface area contributed by atoms with Gasteiger partial charge < -0.3 is 4.74 Å².